The molecule has 0 aromatic carbocycles. The molecule has 3 N–H and O–H groups in total. The maximum Gasteiger partial charge on any atom is 0.335 e. The van der Waals surface area contributed by atoms with Crippen molar-refractivity contribution in [2.75, 3.05) is 0 Å². The first kappa shape index (κ1) is 12.6. The van der Waals surface area contributed by atoms with Gasteiger partial charge in [0, 0.05) is 18.6 Å². The van der Waals surface area contributed by atoms with Gasteiger partial charge in [-0.25, -0.2) is 9.59 Å². The number of ether oxygens (including phenoxy) is 1. The van der Waals surface area contributed by atoms with Gasteiger partial charge in [0.25, 0.3) is 0 Å². The van der Waals surface area contributed by atoms with Crippen molar-refractivity contribution in [2.45, 2.75) is 25.7 Å². The molecule has 80 valence electrons. The number of carboxylic acids is 1. The van der Waals surface area contributed by atoms with E-state index in [1.807, 2.05) is 0 Å². The van der Waals surface area contributed by atoms with Gasteiger partial charge in [0.2, 0.25) is 0 Å². The second-order valence-electron chi connectivity index (χ2n) is 2.59. The quantitative estimate of drug-likeness (QED) is 0.320. The molecule has 0 unspecified atom stereocenters. The van der Waals surface area contributed by atoms with Gasteiger partial charge in [0.05, 0.1) is 0 Å². The van der Waals surface area contributed by atoms with Crippen molar-refractivity contribution >= 4 is 11.9 Å². The third-order valence-electron chi connectivity index (χ3n) is 1.20. The molecule has 0 heterocycles. The second kappa shape index (κ2) is 5.36. The molecule has 0 saturated carbocycles. The molecule has 0 aliphatic heterocycles. The molecule has 14 heavy (non-hydrogen) atoms. The van der Waals surface area contributed by atoms with Crippen molar-refractivity contribution in [1.82, 2.24) is 0 Å². The van der Waals surface area contributed by atoms with E-state index < -0.39 is 17.9 Å². The fraction of sp³-hybridized carbons (Fsp3) is 0.500. The predicted octanol–water partition coefficient (Wildman–Crippen LogP) is -0.391. The maximum absolute atomic E-state index is 10.7. The van der Waals surface area contributed by atoms with Crippen LogP contribution in [0.15, 0.2) is 12.2 Å². The Balaban J connectivity index is 4.11. The summed E-state index contributed by atoms with van der Waals surface area (Å²) in [7, 11) is 0. The molecule has 0 radical (unpaired) electrons. The molecule has 0 amide bonds. The van der Waals surface area contributed by atoms with Crippen molar-refractivity contribution < 1.29 is 29.6 Å². The van der Waals surface area contributed by atoms with E-state index in [0.29, 0.717) is 18.6 Å². The molecule has 0 spiro atoms. The highest BCUT2D eigenvalue weighted by atomic mass is 16.8. The van der Waals surface area contributed by atoms with Crippen LogP contribution in [0.4, 0.5) is 0 Å². The Bertz CT molecular complexity index is 242. The van der Waals surface area contributed by atoms with E-state index >= 15 is 0 Å². The Morgan fingerprint density at radius 1 is 1.36 bits per heavy atom. The van der Waals surface area contributed by atoms with Gasteiger partial charge in [-0.2, -0.15) is 0 Å². The smallest absolute Gasteiger partial charge is 0.335 e. The van der Waals surface area contributed by atoms with Crippen LogP contribution in [0, 0.1) is 0 Å². The molecule has 0 saturated heterocycles. The van der Waals surface area contributed by atoms with Crippen LogP contribution < -0.4 is 0 Å². The topological polar surface area (TPSA) is 104 Å². The molecule has 0 fully saturated rings. The highest BCUT2D eigenvalue weighted by Gasteiger charge is 2.25. The van der Waals surface area contributed by atoms with E-state index in [1.165, 1.54) is 0 Å². The second-order valence-corrected chi connectivity index (χ2v) is 2.59. The number of aliphatic hydroxyl groups is 2. The van der Waals surface area contributed by atoms with Gasteiger partial charge >= 0.3 is 17.9 Å². The van der Waals surface area contributed by atoms with E-state index in [9.17, 15) is 9.59 Å². The van der Waals surface area contributed by atoms with Crippen LogP contribution in [0.1, 0.15) is 19.8 Å². The zero-order valence-electron chi connectivity index (χ0n) is 7.64. The third kappa shape index (κ3) is 6.15. The molecule has 0 aromatic heterocycles. The van der Waals surface area contributed by atoms with Crippen molar-refractivity contribution in [1.29, 1.82) is 0 Å². The number of carbonyl (C=O) groups excluding carboxylic acids is 1. The molecule has 0 aliphatic carbocycles. The summed E-state index contributed by atoms with van der Waals surface area (Å²) >= 11 is 0. The van der Waals surface area contributed by atoms with Gasteiger partial charge in [0.1, 0.15) is 0 Å². The normalized spacial score (nSPS) is 11.6. The number of carboxylic acid groups (broad SMARTS) is 1. The maximum atomic E-state index is 10.7. The lowest BCUT2D eigenvalue weighted by atomic mass is 10.3. The fourth-order valence-corrected chi connectivity index (χ4v) is 0.711. The number of rotatable bonds is 5. The first-order valence-electron chi connectivity index (χ1n) is 3.96. The van der Waals surface area contributed by atoms with Crippen molar-refractivity contribution in [2.24, 2.45) is 0 Å². The predicted molar refractivity (Wildman–Crippen MR) is 44.9 cm³/mol. The highest BCUT2D eigenvalue weighted by molar-refractivity contribution is 5.90. The number of hydrogen-bond acceptors (Lipinski definition) is 5. The summed E-state index contributed by atoms with van der Waals surface area (Å²) in [5.74, 6) is -4.97. The third-order valence-corrected chi connectivity index (χ3v) is 1.20. The summed E-state index contributed by atoms with van der Waals surface area (Å²) in [6, 6.07) is 0. The Morgan fingerprint density at radius 2 is 1.93 bits per heavy atom. The number of esters is 1. The number of carbonyl (C=O) groups is 2. The van der Waals surface area contributed by atoms with Crippen LogP contribution in [-0.2, 0) is 14.3 Å². The molecule has 6 nitrogen and oxygen atoms in total. The minimum absolute atomic E-state index is 0.139. The first-order valence-corrected chi connectivity index (χ1v) is 3.96. The van der Waals surface area contributed by atoms with Gasteiger partial charge < -0.3 is 20.1 Å². The van der Waals surface area contributed by atoms with Crippen molar-refractivity contribution in [3.63, 3.8) is 0 Å². The average molecular weight is 204 g/mol. The van der Waals surface area contributed by atoms with Crippen molar-refractivity contribution in [3.05, 3.63) is 12.2 Å². The number of aliphatic carboxylic acids is 1. The van der Waals surface area contributed by atoms with Crippen molar-refractivity contribution in [3.8, 4) is 0 Å². The highest BCUT2D eigenvalue weighted by Crippen LogP contribution is 2.10. The summed E-state index contributed by atoms with van der Waals surface area (Å²) in [5.41, 5.74) is 0. The van der Waals surface area contributed by atoms with Gasteiger partial charge in [-0.15, -0.1) is 0 Å². The van der Waals surface area contributed by atoms with Crippen LogP contribution >= 0.6 is 0 Å². The minimum atomic E-state index is -2.53. The Kier molecular flexibility index (Phi) is 4.82. The zero-order chi connectivity index (χ0) is 11.2. The summed E-state index contributed by atoms with van der Waals surface area (Å²) in [6.07, 6.45) is 1.41. The molecule has 0 rings (SSSR count). The zero-order valence-corrected chi connectivity index (χ0v) is 7.64. The van der Waals surface area contributed by atoms with E-state index in [-0.39, 0.29) is 6.42 Å². The van der Waals surface area contributed by atoms with Gasteiger partial charge in [0.15, 0.2) is 0 Å². The molecule has 0 atom stereocenters. The minimum Gasteiger partial charge on any atom is -0.478 e. The van der Waals surface area contributed by atoms with Gasteiger partial charge in [-0.3, -0.25) is 0 Å². The molecular formula is C8H12O6. The van der Waals surface area contributed by atoms with E-state index in [1.54, 1.807) is 6.92 Å². The lowest BCUT2D eigenvalue weighted by molar-refractivity contribution is -0.319. The van der Waals surface area contributed by atoms with E-state index in [0.717, 1.165) is 0 Å². The summed E-state index contributed by atoms with van der Waals surface area (Å²) < 4.78 is 4.15. The van der Waals surface area contributed by atoms with Crippen LogP contribution in [0.2, 0.25) is 0 Å². The van der Waals surface area contributed by atoms with Gasteiger partial charge in [-0.05, 0) is 6.42 Å². The summed E-state index contributed by atoms with van der Waals surface area (Å²) in [6.45, 7) is 1.67. The Hall–Kier alpha value is -1.40. The summed E-state index contributed by atoms with van der Waals surface area (Å²) in [4.78, 5) is 20.7. The Morgan fingerprint density at radius 3 is 2.36 bits per heavy atom. The first-order chi connectivity index (χ1) is 6.37. The largest absolute Gasteiger partial charge is 0.478 e. The molecule has 6 heteroatoms. The molecule has 0 aliphatic rings. The summed E-state index contributed by atoms with van der Waals surface area (Å²) in [5, 5.41) is 26.1. The number of hydrogen-bond donors (Lipinski definition) is 3. The van der Waals surface area contributed by atoms with Crippen LogP contribution in [0.25, 0.3) is 0 Å². The standard InChI is InChI=1S/C8H12O6/c1-2-5-8(12,13)14-7(11)4-3-6(9)10/h3-4,12-13H,2,5H2,1H3,(H,9,10)/b4-3-. The van der Waals surface area contributed by atoms with E-state index in [2.05, 4.69) is 4.74 Å². The van der Waals surface area contributed by atoms with Crippen LogP contribution in [0.3, 0.4) is 0 Å². The SMILES string of the molecule is CCCC(O)(O)OC(=O)/C=C\C(=O)O. The van der Waals surface area contributed by atoms with E-state index in [4.69, 9.17) is 15.3 Å². The molecule has 0 bridgehead atoms. The van der Waals surface area contributed by atoms with Crippen LogP contribution in [0.5, 0.6) is 0 Å². The van der Waals surface area contributed by atoms with Crippen LogP contribution in [-0.4, -0.2) is 33.2 Å². The average Bonchev–Trinajstić information content (AvgIpc) is 1.99. The fourth-order valence-electron chi connectivity index (χ4n) is 0.711. The Labute approximate surface area is 80.4 Å². The molecular weight excluding hydrogens is 192 g/mol. The van der Waals surface area contributed by atoms with Gasteiger partial charge in [-0.1, -0.05) is 6.92 Å². The lowest BCUT2D eigenvalue weighted by Crippen LogP contribution is -2.33. The molecule has 0 aromatic rings. The monoisotopic (exact) mass is 204 g/mol. The lowest BCUT2D eigenvalue weighted by Gasteiger charge is -2.19.